The summed E-state index contributed by atoms with van der Waals surface area (Å²) in [6.07, 6.45) is 4.10. The molecule has 6 nitrogen and oxygen atoms in total. The molecule has 1 aromatic heterocycles. The molecule has 1 aromatic carbocycles. The number of nitrogens with zero attached hydrogens (tertiary/aromatic N) is 4. The van der Waals surface area contributed by atoms with E-state index in [-0.39, 0.29) is 11.7 Å². The first-order valence-corrected chi connectivity index (χ1v) is 9.37. The van der Waals surface area contributed by atoms with Crippen molar-refractivity contribution >= 4 is 17.7 Å². The smallest absolute Gasteiger partial charge is 0.231 e. The van der Waals surface area contributed by atoms with Crippen molar-refractivity contribution in [3.63, 3.8) is 0 Å². The van der Waals surface area contributed by atoms with E-state index in [1.165, 1.54) is 17.3 Å². The standard InChI is InChI=1S/C18H21N5OS/c1-13(2)14-4-6-15(7-5-14)23-12-20-22-17(23)25-10-16(24)21-18(11-19)8-3-9-18/h4-7,12-13H,3,8-10H2,1-2H3,(H,21,24). The van der Waals surface area contributed by atoms with Gasteiger partial charge in [0.2, 0.25) is 5.91 Å². The number of carbonyl (C=O) groups is 1. The van der Waals surface area contributed by atoms with Crippen molar-refractivity contribution in [2.45, 2.75) is 49.7 Å². The highest BCUT2D eigenvalue weighted by molar-refractivity contribution is 7.99. The van der Waals surface area contributed by atoms with Crippen LogP contribution >= 0.6 is 11.8 Å². The SMILES string of the molecule is CC(C)c1ccc(-n2cnnc2SCC(=O)NC2(C#N)CCC2)cc1. The van der Waals surface area contributed by atoms with Gasteiger partial charge in [-0.15, -0.1) is 10.2 Å². The summed E-state index contributed by atoms with van der Waals surface area (Å²) in [6.45, 7) is 4.31. The number of rotatable bonds is 6. The van der Waals surface area contributed by atoms with Crippen molar-refractivity contribution < 1.29 is 4.79 Å². The largest absolute Gasteiger partial charge is 0.337 e. The normalized spacial score (nSPS) is 15.4. The summed E-state index contributed by atoms with van der Waals surface area (Å²) in [4.78, 5) is 12.1. The second-order valence-corrected chi connectivity index (χ2v) is 7.56. The van der Waals surface area contributed by atoms with E-state index < -0.39 is 5.54 Å². The molecule has 0 radical (unpaired) electrons. The number of carbonyl (C=O) groups excluding carboxylic acids is 1. The van der Waals surface area contributed by atoms with Gasteiger partial charge in [0, 0.05) is 5.69 Å². The van der Waals surface area contributed by atoms with Crippen molar-refractivity contribution in [3.05, 3.63) is 36.2 Å². The van der Waals surface area contributed by atoms with Crippen molar-refractivity contribution in [2.24, 2.45) is 0 Å². The predicted octanol–water partition coefficient (Wildman–Crippen LogP) is 3.05. The van der Waals surface area contributed by atoms with Crippen molar-refractivity contribution in [3.8, 4) is 11.8 Å². The molecule has 0 saturated heterocycles. The fraction of sp³-hybridized carbons (Fsp3) is 0.444. The molecule has 0 atom stereocenters. The third-order valence-electron chi connectivity index (χ3n) is 4.49. The number of amides is 1. The zero-order chi connectivity index (χ0) is 17.9. The maximum Gasteiger partial charge on any atom is 0.231 e. The molecule has 1 amide bonds. The quantitative estimate of drug-likeness (QED) is 0.805. The number of aromatic nitrogens is 3. The average Bonchev–Trinajstić information content (AvgIpc) is 3.05. The van der Waals surface area contributed by atoms with E-state index in [1.54, 1.807) is 6.33 Å². The van der Waals surface area contributed by atoms with Crippen LogP contribution in [0.5, 0.6) is 0 Å². The van der Waals surface area contributed by atoms with Gasteiger partial charge in [0.15, 0.2) is 5.16 Å². The van der Waals surface area contributed by atoms with Gasteiger partial charge in [-0.05, 0) is 42.9 Å². The summed E-state index contributed by atoms with van der Waals surface area (Å²) in [6, 6.07) is 10.5. The lowest BCUT2D eigenvalue weighted by Gasteiger charge is -2.35. The highest BCUT2D eigenvalue weighted by atomic mass is 32.2. The Hall–Kier alpha value is -2.33. The van der Waals surface area contributed by atoms with Gasteiger partial charge in [-0.1, -0.05) is 37.7 Å². The second-order valence-electron chi connectivity index (χ2n) is 6.61. The molecule has 2 aromatic rings. The number of hydrogen-bond donors (Lipinski definition) is 1. The molecule has 1 aliphatic rings. The molecule has 130 valence electrons. The lowest BCUT2D eigenvalue weighted by atomic mass is 9.78. The van der Waals surface area contributed by atoms with E-state index in [4.69, 9.17) is 0 Å². The van der Waals surface area contributed by atoms with Crippen LogP contribution in [0.3, 0.4) is 0 Å². The first-order valence-electron chi connectivity index (χ1n) is 8.38. The zero-order valence-corrected chi connectivity index (χ0v) is 15.2. The molecule has 0 unspecified atom stereocenters. The van der Waals surface area contributed by atoms with E-state index in [1.807, 2.05) is 16.7 Å². The fourth-order valence-electron chi connectivity index (χ4n) is 2.75. The van der Waals surface area contributed by atoms with Crippen LogP contribution in [0.2, 0.25) is 0 Å². The van der Waals surface area contributed by atoms with E-state index in [9.17, 15) is 10.1 Å². The minimum atomic E-state index is -0.655. The van der Waals surface area contributed by atoms with Gasteiger partial charge < -0.3 is 5.32 Å². The topological polar surface area (TPSA) is 83.6 Å². The summed E-state index contributed by atoms with van der Waals surface area (Å²) >= 11 is 1.32. The molecule has 1 saturated carbocycles. The van der Waals surface area contributed by atoms with Gasteiger partial charge in [0.25, 0.3) is 0 Å². The predicted molar refractivity (Wildman–Crippen MR) is 96.5 cm³/mol. The van der Waals surface area contributed by atoms with Crippen LogP contribution in [0.1, 0.15) is 44.6 Å². The minimum absolute atomic E-state index is 0.143. The molecule has 0 aliphatic heterocycles. The molecule has 0 spiro atoms. The first-order chi connectivity index (χ1) is 12.0. The highest BCUT2D eigenvalue weighted by Crippen LogP contribution is 2.31. The molecule has 25 heavy (non-hydrogen) atoms. The summed E-state index contributed by atoms with van der Waals surface area (Å²) in [7, 11) is 0. The highest BCUT2D eigenvalue weighted by Gasteiger charge is 2.38. The Morgan fingerprint density at radius 2 is 2.12 bits per heavy atom. The fourth-order valence-corrected chi connectivity index (χ4v) is 3.48. The number of hydrogen-bond acceptors (Lipinski definition) is 5. The van der Waals surface area contributed by atoms with Gasteiger partial charge in [-0.3, -0.25) is 9.36 Å². The lowest BCUT2D eigenvalue weighted by molar-refractivity contribution is -0.120. The average molecular weight is 355 g/mol. The number of benzene rings is 1. The lowest BCUT2D eigenvalue weighted by Crippen LogP contribution is -2.52. The van der Waals surface area contributed by atoms with Crippen LogP contribution in [0, 0.1) is 11.3 Å². The van der Waals surface area contributed by atoms with Crippen LogP contribution in [0.25, 0.3) is 5.69 Å². The Labute approximate surface area is 151 Å². The molecular formula is C18H21N5OS. The third kappa shape index (κ3) is 3.85. The number of nitrogens with one attached hydrogen (secondary N) is 1. The molecule has 1 aliphatic carbocycles. The Bertz CT molecular complexity index is 787. The van der Waals surface area contributed by atoms with Crippen LogP contribution in [0.4, 0.5) is 0 Å². The van der Waals surface area contributed by atoms with E-state index in [0.717, 1.165) is 24.9 Å². The Morgan fingerprint density at radius 1 is 1.40 bits per heavy atom. The zero-order valence-electron chi connectivity index (χ0n) is 14.4. The summed E-state index contributed by atoms with van der Waals surface area (Å²) in [5.41, 5.74) is 1.58. The third-order valence-corrected chi connectivity index (χ3v) is 5.43. The Balaban J connectivity index is 1.64. The van der Waals surface area contributed by atoms with Gasteiger partial charge in [0.1, 0.15) is 11.9 Å². The minimum Gasteiger partial charge on any atom is -0.337 e. The first kappa shape index (κ1) is 17.5. The van der Waals surface area contributed by atoms with E-state index in [0.29, 0.717) is 11.1 Å². The maximum atomic E-state index is 12.1. The molecule has 1 heterocycles. The van der Waals surface area contributed by atoms with Crippen molar-refractivity contribution in [1.82, 2.24) is 20.1 Å². The molecule has 3 rings (SSSR count). The monoisotopic (exact) mass is 355 g/mol. The number of thioether (sulfide) groups is 1. The summed E-state index contributed by atoms with van der Waals surface area (Å²) in [5, 5.41) is 20.8. The van der Waals surface area contributed by atoms with Crippen LogP contribution in [-0.2, 0) is 4.79 Å². The van der Waals surface area contributed by atoms with Gasteiger partial charge in [-0.25, -0.2) is 0 Å². The maximum absolute atomic E-state index is 12.1. The van der Waals surface area contributed by atoms with Crippen molar-refractivity contribution in [2.75, 3.05) is 5.75 Å². The second kappa shape index (κ2) is 7.28. The van der Waals surface area contributed by atoms with Crippen molar-refractivity contribution in [1.29, 1.82) is 5.26 Å². The molecular weight excluding hydrogens is 334 g/mol. The van der Waals surface area contributed by atoms with Gasteiger partial charge in [-0.2, -0.15) is 5.26 Å². The number of nitriles is 1. The molecule has 1 fully saturated rings. The molecule has 7 heteroatoms. The Morgan fingerprint density at radius 3 is 2.68 bits per heavy atom. The van der Waals surface area contributed by atoms with Gasteiger partial charge >= 0.3 is 0 Å². The van der Waals surface area contributed by atoms with Crippen LogP contribution < -0.4 is 5.32 Å². The van der Waals surface area contributed by atoms with Crippen LogP contribution in [-0.4, -0.2) is 32.0 Å². The van der Waals surface area contributed by atoms with Gasteiger partial charge in [0.05, 0.1) is 11.8 Å². The van der Waals surface area contributed by atoms with E-state index in [2.05, 4.69) is 47.6 Å². The molecule has 1 N–H and O–H groups in total. The summed E-state index contributed by atoms with van der Waals surface area (Å²) in [5.74, 6) is 0.550. The summed E-state index contributed by atoms with van der Waals surface area (Å²) < 4.78 is 1.87. The molecule has 0 bridgehead atoms. The van der Waals surface area contributed by atoms with Crippen LogP contribution in [0.15, 0.2) is 35.7 Å². The Kier molecular flexibility index (Phi) is 5.09. The van der Waals surface area contributed by atoms with E-state index >= 15 is 0 Å².